The maximum Gasteiger partial charge on any atom is 0.105 e. The lowest BCUT2D eigenvalue weighted by Gasteiger charge is -2.17. The smallest absolute Gasteiger partial charge is 0.105 e. The summed E-state index contributed by atoms with van der Waals surface area (Å²) in [5, 5.41) is 11.3. The standard InChI is InChI=1S/C15H13BrClIO/c1-8-6-13(16)9(2)5-11(8)15(19)12-7-10(17)3-4-14(12)18/h3-7,15,19H,1-2H3. The van der Waals surface area contributed by atoms with Crippen molar-refractivity contribution in [2.75, 3.05) is 0 Å². The summed E-state index contributed by atoms with van der Waals surface area (Å²) in [6.45, 7) is 4.02. The van der Waals surface area contributed by atoms with E-state index in [0.29, 0.717) is 5.02 Å². The highest BCUT2D eigenvalue weighted by atomic mass is 127. The van der Waals surface area contributed by atoms with Crippen molar-refractivity contribution in [2.24, 2.45) is 0 Å². The van der Waals surface area contributed by atoms with Crippen molar-refractivity contribution in [3.05, 3.63) is 65.7 Å². The highest BCUT2D eigenvalue weighted by molar-refractivity contribution is 14.1. The van der Waals surface area contributed by atoms with Crippen LogP contribution in [0.25, 0.3) is 0 Å². The van der Waals surface area contributed by atoms with E-state index in [2.05, 4.69) is 38.5 Å². The number of hydrogen-bond donors (Lipinski definition) is 1. The predicted octanol–water partition coefficient (Wildman–Crippen LogP) is 5.41. The first kappa shape index (κ1) is 15.3. The van der Waals surface area contributed by atoms with E-state index in [0.717, 1.165) is 30.3 Å². The predicted molar refractivity (Wildman–Crippen MR) is 91.8 cm³/mol. The maximum absolute atomic E-state index is 10.6. The molecule has 0 amide bonds. The van der Waals surface area contributed by atoms with E-state index in [-0.39, 0.29) is 0 Å². The highest BCUT2D eigenvalue weighted by Crippen LogP contribution is 2.32. The summed E-state index contributed by atoms with van der Waals surface area (Å²) in [5.41, 5.74) is 3.93. The van der Waals surface area contributed by atoms with E-state index in [1.54, 1.807) is 0 Å². The Balaban J connectivity index is 2.52. The first-order valence-corrected chi connectivity index (χ1v) is 8.04. The Morgan fingerprint density at radius 2 is 1.79 bits per heavy atom. The van der Waals surface area contributed by atoms with Crippen LogP contribution in [0.4, 0.5) is 0 Å². The molecular formula is C15H13BrClIO. The summed E-state index contributed by atoms with van der Waals surface area (Å²) in [7, 11) is 0. The quantitative estimate of drug-likeness (QED) is 0.606. The molecule has 0 aromatic heterocycles. The van der Waals surface area contributed by atoms with E-state index in [1.807, 2.05) is 44.2 Å². The van der Waals surface area contributed by atoms with Crippen molar-refractivity contribution in [1.29, 1.82) is 0 Å². The van der Waals surface area contributed by atoms with E-state index in [1.165, 1.54) is 0 Å². The van der Waals surface area contributed by atoms with E-state index < -0.39 is 6.10 Å². The van der Waals surface area contributed by atoms with Crippen molar-refractivity contribution in [3.63, 3.8) is 0 Å². The average molecular weight is 452 g/mol. The molecule has 100 valence electrons. The monoisotopic (exact) mass is 450 g/mol. The van der Waals surface area contributed by atoms with Gasteiger partial charge in [-0.15, -0.1) is 0 Å². The topological polar surface area (TPSA) is 20.2 Å². The van der Waals surface area contributed by atoms with Crippen LogP contribution in [0.15, 0.2) is 34.8 Å². The molecule has 0 saturated carbocycles. The minimum absolute atomic E-state index is 0.640. The molecule has 0 aliphatic rings. The second-order valence-corrected chi connectivity index (χ2v) is 6.98. The summed E-state index contributed by atoms with van der Waals surface area (Å²) in [6, 6.07) is 9.62. The van der Waals surface area contributed by atoms with Crippen molar-refractivity contribution < 1.29 is 5.11 Å². The molecule has 2 aromatic rings. The van der Waals surface area contributed by atoms with Crippen molar-refractivity contribution in [1.82, 2.24) is 0 Å². The van der Waals surface area contributed by atoms with Crippen molar-refractivity contribution >= 4 is 50.1 Å². The number of halogens is 3. The van der Waals surface area contributed by atoms with Gasteiger partial charge in [0.1, 0.15) is 6.10 Å². The molecule has 1 unspecified atom stereocenters. The van der Waals surface area contributed by atoms with Gasteiger partial charge in [0.25, 0.3) is 0 Å². The molecule has 2 aromatic carbocycles. The van der Waals surface area contributed by atoms with Gasteiger partial charge in [0.2, 0.25) is 0 Å². The lowest BCUT2D eigenvalue weighted by molar-refractivity contribution is 0.218. The molecule has 1 nitrogen and oxygen atoms in total. The number of aliphatic hydroxyl groups is 1. The zero-order chi connectivity index (χ0) is 14.2. The fourth-order valence-corrected chi connectivity index (χ4v) is 3.26. The molecule has 4 heteroatoms. The summed E-state index contributed by atoms with van der Waals surface area (Å²) in [5.74, 6) is 0. The molecule has 0 spiro atoms. The van der Waals surface area contributed by atoms with E-state index in [9.17, 15) is 5.11 Å². The Hall–Kier alpha value is -0.100. The average Bonchev–Trinajstić information content (AvgIpc) is 2.36. The lowest BCUT2D eigenvalue weighted by atomic mass is 9.96. The molecule has 0 bridgehead atoms. The Morgan fingerprint density at radius 3 is 2.47 bits per heavy atom. The molecule has 1 N–H and O–H groups in total. The van der Waals surface area contributed by atoms with Gasteiger partial charge in [0, 0.05) is 13.1 Å². The van der Waals surface area contributed by atoms with Gasteiger partial charge in [-0.25, -0.2) is 0 Å². The van der Waals surface area contributed by atoms with E-state index in [4.69, 9.17) is 11.6 Å². The van der Waals surface area contributed by atoms with Gasteiger partial charge in [-0.2, -0.15) is 0 Å². The van der Waals surface area contributed by atoms with Crippen LogP contribution in [0.5, 0.6) is 0 Å². The Morgan fingerprint density at radius 1 is 1.11 bits per heavy atom. The zero-order valence-electron chi connectivity index (χ0n) is 10.5. The number of benzene rings is 2. The van der Waals surface area contributed by atoms with Crippen LogP contribution in [0, 0.1) is 17.4 Å². The first-order chi connectivity index (χ1) is 8.90. The number of aliphatic hydroxyl groups excluding tert-OH is 1. The van der Waals surface area contributed by atoms with Crippen molar-refractivity contribution in [2.45, 2.75) is 20.0 Å². The number of aryl methyl sites for hydroxylation is 2. The molecule has 1 atom stereocenters. The molecular weight excluding hydrogens is 438 g/mol. The normalized spacial score (nSPS) is 12.5. The van der Waals surface area contributed by atoms with Gasteiger partial charge in [0.15, 0.2) is 0 Å². The van der Waals surface area contributed by atoms with Gasteiger partial charge in [-0.3, -0.25) is 0 Å². The number of hydrogen-bond acceptors (Lipinski definition) is 1. The van der Waals surface area contributed by atoms with Crippen LogP contribution in [0.2, 0.25) is 5.02 Å². The fraction of sp³-hybridized carbons (Fsp3) is 0.200. The van der Waals surface area contributed by atoms with Crippen molar-refractivity contribution in [3.8, 4) is 0 Å². The van der Waals surface area contributed by atoms with Crippen LogP contribution < -0.4 is 0 Å². The summed E-state index contributed by atoms with van der Waals surface area (Å²) in [6.07, 6.45) is -0.655. The molecule has 19 heavy (non-hydrogen) atoms. The Labute approximate surface area is 140 Å². The minimum atomic E-state index is -0.655. The second-order valence-electron chi connectivity index (χ2n) is 4.53. The molecule has 0 radical (unpaired) electrons. The molecule has 0 fully saturated rings. The largest absolute Gasteiger partial charge is 0.384 e. The van der Waals surface area contributed by atoms with Crippen LogP contribution in [-0.2, 0) is 0 Å². The molecule has 2 rings (SSSR count). The Kier molecular flexibility index (Phi) is 4.93. The first-order valence-electron chi connectivity index (χ1n) is 5.80. The SMILES string of the molecule is Cc1cc(C(O)c2cc(Cl)ccc2I)c(C)cc1Br. The van der Waals surface area contributed by atoms with Crippen LogP contribution in [0.3, 0.4) is 0 Å². The van der Waals surface area contributed by atoms with Gasteiger partial charge in [-0.05, 0) is 83.0 Å². The molecule has 0 heterocycles. The number of rotatable bonds is 2. The van der Waals surface area contributed by atoms with Crippen LogP contribution in [0.1, 0.15) is 28.4 Å². The van der Waals surface area contributed by atoms with Gasteiger partial charge >= 0.3 is 0 Å². The zero-order valence-corrected chi connectivity index (χ0v) is 15.0. The summed E-state index contributed by atoms with van der Waals surface area (Å²) in [4.78, 5) is 0. The van der Waals surface area contributed by atoms with Crippen LogP contribution in [-0.4, -0.2) is 5.11 Å². The fourth-order valence-electron chi connectivity index (χ4n) is 1.99. The third-order valence-corrected chi connectivity index (χ3v) is 5.17. The molecule has 0 saturated heterocycles. The molecule has 0 aliphatic heterocycles. The second kappa shape index (κ2) is 6.12. The van der Waals surface area contributed by atoms with Gasteiger partial charge in [0.05, 0.1) is 0 Å². The summed E-state index contributed by atoms with van der Waals surface area (Å²) >= 11 is 11.7. The Bertz CT molecular complexity index is 628. The highest BCUT2D eigenvalue weighted by Gasteiger charge is 2.17. The maximum atomic E-state index is 10.6. The van der Waals surface area contributed by atoms with Crippen LogP contribution >= 0.6 is 50.1 Å². The van der Waals surface area contributed by atoms with Gasteiger partial charge < -0.3 is 5.11 Å². The molecule has 0 aliphatic carbocycles. The van der Waals surface area contributed by atoms with Gasteiger partial charge in [-0.1, -0.05) is 33.6 Å². The third kappa shape index (κ3) is 3.32. The van der Waals surface area contributed by atoms with E-state index >= 15 is 0 Å². The third-order valence-electron chi connectivity index (χ3n) is 3.09. The lowest BCUT2D eigenvalue weighted by Crippen LogP contribution is -2.05. The minimum Gasteiger partial charge on any atom is -0.384 e. The summed E-state index contributed by atoms with van der Waals surface area (Å²) < 4.78 is 2.07.